The van der Waals surface area contributed by atoms with Gasteiger partial charge in [-0.2, -0.15) is 0 Å². The molecule has 0 aliphatic carbocycles. The third-order valence-electron chi connectivity index (χ3n) is 4.34. The minimum atomic E-state index is -0.544. The molecule has 0 radical (unpaired) electrons. The maximum Gasteiger partial charge on any atom is 0.323 e. The first-order valence-corrected chi connectivity index (χ1v) is 10.8. The summed E-state index contributed by atoms with van der Waals surface area (Å²) in [7, 11) is 0. The smallest absolute Gasteiger partial charge is 0.323 e. The Morgan fingerprint density at radius 3 is 2.25 bits per heavy atom. The molecule has 0 unspecified atom stereocenters. The maximum absolute atomic E-state index is 12.6. The van der Waals surface area contributed by atoms with Crippen molar-refractivity contribution in [1.82, 2.24) is 5.32 Å². The Balaban J connectivity index is 1.61. The Kier molecular flexibility index (Phi) is 8.22. The molecule has 3 rings (SSSR count). The predicted octanol–water partition coefficient (Wildman–Crippen LogP) is 6.62. The Labute approximate surface area is 200 Å². The van der Waals surface area contributed by atoms with Gasteiger partial charge in [-0.3, -0.25) is 4.79 Å². The van der Waals surface area contributed by atoms with Crippen molar-refractivity contribution < 1.29 is 14.3 Å². The lowest BCUT2D eigenvalue weighted by atomic mass is 10.1. The Morgan fingerprint density at radius 1 is 0.844 bits per heavy atom. The van der Waals surface area contributed by atoms with Crippen molar-refractivity contribution in [3.63, 3.8) is 0 Å². The number of hydrogen-bond acceptors (Lipinski definition) is 3. The molecule has 0 aliphatic heterocycles. The first-order valence-electron chi connectivity index (χ1n) is 9.68. The zero-order valence-corrected chi connectivity index (χ0v) is 19.3. The summed E-state index contributed by atoms with van der Waals surface area (Å²) in [4.78, 5) is 24.9. The number of halogens is 3. The predicted molar refractivity (Wildman–Crippen MR) is 129 cm³/mol. The highest BCUT2D eigenvalue weighted by Crippen LogP contribution is 2.26. The molecule has 0 atom stereocenters. The van der Waals surface area contributed by atoms with Gasteiger partial charge in [0.25, 0.3) is 5.91 Å². The molecule has 0 saturated carbocycles. The van der Waals surface area contributed by atoms with Crippen LogP contribution in [0.25, 0.3) is 0 Å². The van der Waals surface area contributed by atoms with E-state index < -0.39 is 6.03 Å². The number of carbonyl (C=O) groups excluding carboxylic acids is 2. The van der Waals surface area contributed by atoms with E-state index in [-0.39, 0.29) is 16.6 Å². The molecule has 0 bridgehead atoms. The number of anilines is 2. The lowest BCUT2D eigenvalue weighted by Crippen LogP contribution is -2.23. The second-order valence-corrected chi connectivity index (χ2v) is 7.88. The number of benzene rings is 3. The van der Waals surface area contributed by atoms with Gasteiger partial charge < -0.3 is 20.7 Å². The molecule has 0 saturated heterocycles. The Bertz CT molecular complexity index is 1120. The zero-order valence-electron chi connectivity index (χ0n) is 17.0. The summed E-state index contributed by atoms with van der Waals surface area (Å²) in [6.45, 7) is 2.85. The number of carbonyl (C=O) groups is 2. The van der Waals surface area contributed by atoms with Gasteiger partial charge in [0.05, 0.1) is 27.4 Å². The van der Waals surface area contributed by atoms with Crippen molar-refractivity contribution in [3.05, 3.63) is 86.9 Å². The van der Waals surface area contributed by atoms with Crippen LogP contribution >= 0.6 is 34.8 Å². The van der Waals surface area contributed by atoms with Crippen LogP contribution in [0.4, 0.5) is 16.2 Å². The molecular formula is C23H20Cl3N3O3. The normalized spacial score (nSPS) is 10.4. The average Bonchev–Trinajstić information content (AvgIpc) is 2.77. The summed E-state index contributed by atoms with van der Waals surface area (Å²) in [6.07, 6.45) is 0. The van der Waals surface area contributed by atoms with E-state index in [9.17, 15) is 9.59 Å². The van der Waals surface area contributed by atoms with Crippen LogP contribution in [0.5, 0.6) is 5.75 Å². The summed E-state index contributed by atoms with van der Waals surface area (Å²) in [5.41, 5.74) is 2.02. The van der Waals surface area contributed by atoms with Crippen LogP contribution < -0.4 is 20.7 Å². The largest absolute Gasteiger partial charge is 0.494 e. The minimum Gasteiger partial charge on any atom is -0.494 e. The van der Waals surface area contributed by atoms with E-state index in [0.29, 0.717) is 34.4 Å². The Hall–Kier alpha value is -2.93. The molecule has 0 aliphatic rings. The Morgan fingerprint density at radius 2 is 1.56 bits per heavy atom. The highest BCUT2D eigenvalue weighted by Gasteiger charge is 2.12. The highest BCUT2D eigenvalue weighted by molar-refractivity contribution is 6.42. The molecule has 3 N–H and O–H groups in total. The third-order valence-corrected chi connectivity index (χ3v) is 5.41. The summed E-state index contributed by atoms with van der Waals surface area (Å²) in [5, 5.41) is 9.08. The standard InChI is InChI=1S/C23H20Cl3N3O3/c1-2-32-17-7-3-14(4-8-17)13-27-22(30)15-5-9-19(25)21(11-15)29-23(31)28-16-6-10-18(24)20(26)12-16/h3-12H,2,13H2,1H3,(H,27,30)(H2,28,29,31). The van der Waals surface area contributed by atoms with E-state index in [0.717, 1.165) is 11.3 Å². The van der Waals surface area contributed by atoms with Gasteiger partial charge in [-0.1, -0.05) is 46.9 Å². The fourth-order valence-electron chi connectivity index (χ4n) is 2.78. The highest BCUT2D eigenvalue weighted by atomic mass is 35.5. The van der Waals surface area contributed by atoms with Crippen LogP contribution in [0.2, 0.25) is 15.1 Å². The van der Waals surface area contributed by atoms with Crippen molar-refractivity contribution >= 4 is 58.1 Å². The molecule has 166 valence electrons. The lowest BCUT2D eigenvalue weighted by molar-refractivity contribution is 0.0951. The van der Waals surface area contributed by atoms with Crippen molar-refractivity contribution in [2.24, 2.45) is 0 Å². The van der Waals surface area contributed by atoms with Gasteiger partial charge in [-0.25, -0.2) is 4.79 Å². The number of nitrogens with one attached hydrogen (secondary N) is 3. The van der Waals surface area contributed by atoms with E-state index >= 15 is 0 Å². The molecule has 3 aromatic carbocycles. The SMILES string of the molecule is CCOc1ccc(CNC(=O)c2ccc(Cl)c(NC(=O)Nc3ccc(Cl)c(Cl)c3)c2)cc1. The van der Waals surface area contributed by atoms with Crippen LogP contribution in [0, 0.1) is 0 Å². The van der Waals surface area contributed by atoms with E-state index in [1.54, 1.807) is 24.3 Å². The van der Waals surface area contributed by atoms with Crippen LogP contribution in [-0.2, 0) is 6.54 Å². The fraction of sp³-hybridized carbons (Fsp3) is 0.130. The van der Waals surface area contributed by atoms with Gasteiger partial charge in [0, 0.05) is 17.8 Å². The molecule has 6 nitrogen and oxygen atoms in total. The summed E-state index contributed by atoms with van der Waals surface area (Å²) < 4.78 is 5.41. The van der Waals surface area contributed by atoms with Crippen LogP contribution in [0.3, 0.4) is 0 Å². The second-order valence-electron chi connectivity index (χ2n) is 6.66. The number of ether oxygens (including phenoxy) is 1. The van der Waals surface area contributed by atoms with Crippen molar-refractivity contribution in [2.45, 2.75) is 13.5 Å². The number of rotatable bonds is 7. The summed E-state index contributed by atoms with van der Waals surface area (Å²) in [5.74, 6) is 0.471. The minimum absolute atomic E-state index is 0.289. The fourth-order valence-corrected chi connectivity index (χ4v) is 3.24. The van der Waals surface area contributed by atoms with E-state index in [1.165, 1.54) is 12.1 Å². The summed E-state index contributed by atoms with van der Waals surface area (Å²) >= 11 is 18.0. The van der Waals surface area contributed by atoms with E-state index in [2.05, 4.69) is 16.0 Å². The molecule has 32 heavy (non-hydrogen) atoms. The van der Waals surface area contributed by atoms with Gasteiger partial charge in [0.2, 0.25) is 0 Å². The van der Waals surface area contributed by atoms with Crippen LogP contribution in [-0.4, -0.2) is 18.5 Å². The topological polar surface area (TPSA) is 79.5 Å². The molecule has 0 spiro atoms. The monoisotopic (exact) mass is 491 g/mol. The van der Waals surface area contributed by atoms with Gasteiger partial charge >= 0.3 is 6.03 Å². The van der Waals surface area contributed by atoms with Gasteiger partial charge in [0.1, 0.15) is 5.75 Å². The maximum atomic E-state index is 12.6. The second kappa shape index (κ2) is 11.1. The molecule has 0 heterocycles. The molecule has 3 amide bonds. The lowest BCUT2D eigenvalue weighted by Gasteiger charge is -2.12. The molecular weight excluding hydrogens is 473 g/mol. The van der Waals surface area contributed by atoms with Crippen LogP contribution in [0.15, 0.2) is 60.7 Å². The quantitative estimate of drug-likeness (QED) is 0.347. The first-order chi connectivity index (χ1) is 15.4. The summed E-state index contributed by atoms with van der Waals surface area (Å²) in [6, 6.07) is 16.3. The number of amides is 3. The molecule has 9 heteroatoms. The molecule has 0 fully saturated rings. The van der Waals surface area contributed by atoms with Crippen molar-refractivity contribution in [2.75, 3.05) is 17.2 Å². The van der Waals surface area contributed by atoms with E-state index in [4.69, 9.17) is 39.5 Å². The zero-order chi connectivity index (χ0) is 23.1. The van der Waals surface area contributed by atoms with E-state index in [1.807, 2.05) is 31.2 Å². The van der Waals surface area contributed by atoms with Gasteiger partial charge in [-0.15, -0.1) is 0 Å². The number of urea groups is 1. The third kappa shape index (κ3) is 6.53. The van der Waals surface area contributed by atoms with Gasteiger partial charge in [-0.05, 0) is 61.0 Å². The average molecular weight is 493 g/mol. The molecule has 0 aromatic heterocycles. The van der Waals surface area contributed by atoms with Crippen molar-refractivity contribution in [3.8, 4) is 5.75 Å². The molecule has 3 aromatic rings. The number of hydrogen-bond donors (Lipinski definition) is 3. The van der Waals surface area contributed by atoms with Crippen LogP contribution in [0.1, 0.15) is 22.8 Å². The van der Waals surface area contributed by atoms with Crippen molar-refractivity contribution in [1.29, 1.82) is 0 Å². The first kappa shape index (κ1) is 23.7. The van der Waals surface area contributed by atoms with Gasteiger partial charge in [0.15, 0.2) is 0 Å².